The summed E-state index contributed by atoms with van der Waals surface area (Å²) in [6.07, 6.45) is 3.38. The lowest BCUT2D eigenvalue weighted by Gasteiger charge is -2.05. The number of rotatable bonds is 2. The van der Waals surface area contributed by atoms with Crippen molar-refractivity contribution in [3.05, 3.63) is 62.5 Å². The van der Waals surface area contributed by atoms with Crippen molar-refractivity contribution < 1.29 is 0 Å². The zero-order valence-corrected chi connectivity index (χ0v) is 13.0. The second-order valence-electron chi connectivity index (χ2n) is 5.26. The Hall–Kier alpha value is -1.78. The Labute approximate surface area is 131 Å². The van der Waals surface area contributed by atoms with E-state index in [1.54, 1.807) is 11.3 Å². The highest BCUT2D eigenvalue weighted by Crippen LogP contribution is 2.38. The second-order valence-corrected chi connectivity index (χ2v) is 6.40. The molecule has 3 aromatic rings. The minimum absolute atomic E-state index is 0.514. The molecule has 0 aliphatic heterocycles. The van der Waals surface area contributed by atoms with Crippen LogP contribution in [0.2, 0.25) is 5.15 Å². The number of thiophene rings is 1. The van der Waals surface area contributed by atoms with Crippen LogP contribution in [-0.4, -0.2) is 15.0 Å². The summed E-state index contributed by atoms with van der Waals surface area (Å²) < 4.78 is 0. The molecule has 21 heavy (non-hydrogen) atoms. The molecule has 0 unspecified atom stereocenters. The van der Waals surface area contributed by atoms with Crippen LogP contribution in [-0.2, 0) is 12.8 Å². The van der Waals surface area contributed by atoms with Crippen molar-refractivity contribution in [3.63, 3.8) is 0 Å². The molecular weight excluding hydrogens is 302 g/mol. The van der Waals surface area contributed by atoms with Gasteiger partial charge >= 0.3 is 0 Å². The summed E-state index contributed by atoms with van der Waals surface area (Å²) >= 11 is 8.08. The molecule has 104 valence electrons. The minimum atomic E-state index is 0.514. The first-order valence-electron chi connectivity index (χ1n) is 6.73. The van der Waals surface area contributed by atoms with Gasteiger partial charge in [0, 0.05) is 19.0 Å². The molecule has 0 radical (unpaired) electrons. The molecule has 0 bridgehead atoms. The monoisotopic (exact) mass is 313 g/mol. The lowest BCUT2D eigenvalue weighted by Crippen LogP contribution is -2.00. The highest BCUT2D eigenvalue weighted by Gasteiger charge is 2.25. The van der Waals surface area contributed by atoms with Crippen molar-refractivity contribution in [1.29, 1.82) is 0 Å². The highest BCUT2D eigenvalue weighted by molar-refractivity contribution is 7.07. The second kappa shape index (κ2) is 4.90. The molecule has 3 aromatic heterocycles. The van der Waals surface area contributed by atoms with Crippen LogP contribution in [0.3, 0.4) is 0 Å². The Bertz CT molecular complexity index is 828. The topological polar surface area (TPSA) is 38.7 Å². The summed E-state index contributed by atoms with van der Waals surface area (Å²) in [5, 5.41) is 4.69. The van der Waals surface area contributed by atoms with E-state index in [4.69, 9.17) is 16.6 Å². The highest BCUT2D eigenvalue weighted by atomic mass is 35.5. The van der Waals surface area contributed by atoms with Gasteiger partial charge in [-0.15, -0.1) is 0 Å². The molecule has 1 aliphatic rings. The lowest BCUT2D eigenvalue weighted by molar-refractivity contribution is 0.936. The van der Waals surface area contributed by atoms with Crippen molar-refractivity contribution >= 4 is 22.9 Å². The molecule has 0 fully saturated rings. The fraction of sp³-hybridized carbons (Fsp3) is 0.188. The molecule has 0 aromatic carbocycles. The van der Waals surface area contributed by atoms with Gasteiger partial charge in [0.25, 0.3) is 0 Å². The van der Waals surface area contributed by atoms with Gasteiger partial charge in [0.05, 0.1) is 17.0 Å². The molecular formula is C16H12ClN3S. The van der Waals surface area contributed by atoms with Gasteiger partial charge in [-0.05, 0) is 40.4 Å². The van der Waals surface area contributed by atoms with E-state index < -0.39 is 0 Å². The summed E-state index contributed by atoms with van der Waals surface area (Å²) in [4.78, 5) is 13.7. The Kier molecular flexibility index (Phi) is 3.01. The smallest absolute Gasteiger partial charge is 0.142 e. The fourth-order valence-corrected chi connectivity index (χ4v) is 3.68. The number of halogens is 1. The van der Waals surface area contributed by atoms with Crippen LogP contribution in [0.4, 0.5) is 0 Å². The summed E-state index contributed by atoms with van der Waals surface area (Å²) in [6, 6.07) is 4.24. The van der Waals surface area contributed by atoms with Crippen LogP contribution in [0.15, 0.2) is 29.1 Å². The molecule has 3 nitrogen and oxygen atoms in total. The van der Waals surface area contributed by atoms with E-state index in [9.17, 15) is 0 Å². The normalized spacial score (nSPS) is 12.3. The summed E-state index contributed by atoms with van der Waals surface area (Å²) in [6.45, 7) is 2.05. The van der Waals surface area contributed by atoms with E-state index in [-0.39, 0.29) is 0 Å². The van der Waals surface area contributed by atoms with Crippen molar-refractivity contribution in [2.24, 2.45) is 0 Å². The third-order valence-electron chi connectivity index (χ3n) is 3.63. The molecule has 5 heteroatoms. The maximum Gasteiger partial charge on any atom is 0.142 e. The standard InChI is InChI=1S/C16H12ClN3S/c1-9-4-11-6-12-14(15(11)18-7-9)16(17)20-13(19-12)5-10-2-3-21-8-10/h2-4,7-8H,5-6H2,1H3. The molecule has 0 saturated heterocycles. The van der Waals surface area contributed by atoms with Gasteiger partial charge < -0.3 is 0 Å². The summed E-state index contributed by atoms with van der Waals surface area (Å²) in [7, 11) is 0. The van der Waals surface area contributed by atoms with Gasteiger partial charge in [0.15, 0.2) is 0 Å². The molecule has 0 N–H and O–H groups in total. The molecule has 4 rings (SSSR count). The third kappa shape index (κ3) is 2.24. The van der Waals surface area contributed by atoms with Gasteiger partial charge in [-0.25, -0.2) is 9.97 Å². The first-order valence-corrected chi connectivity index (χ1v) is 8.05. The van der Waals surface area contributed by atoms with Gasteiger partial charge in [-0.3, -0.25) is 4.98 Å². The molecule has 0 saturated carbocycles. The van der Waals surface area contributed by atoms with E-state index in [1.165, 1.54) is 11.1 Å². The Balaban J connectivity index is 1.77. The number of hydrogen-bond donors (Lipinski definition) is 0. The van der Waals surface area contributed by atoms with E-state index >= 15 is 0 Å². The average molecular weight is 314 g/mol. The van der Waals surface area contributed by atoms with Crippen LogP contribution in [0.5, 0.6) is 0 Å². The minimum Gasteiger partial charge on any atom is -0.255 e. The number of aromatic nitrogens is 3. The fourth-order valence-electron chi connectivity index (χ4n) is 2.71. The zero-order valence-electron chi connectivity index (χ0n) is 11.4. The average Bonchev–Trinajstić information content (AvgIpc) is 3.05. The number of nitrogens with zero attached hydrogens (tertiary/aromatic N) is 3. The maximum absolute atomic E-state index is 6.39. The van der Waals surface area contributed by atoms with Crippen LogP contribution in [0, 0.1) is 6.92 Å². The van der Waals surface area contributed by atoms with Crippen LogP contribution < -0.4 is 0 Å². The molecule has 0 spiro atoms. The predicted octanol–water partition coefficient (Wildman–Crippen LogP) is 4.06. The zero-order chi connectivity index (χ0) is 14.4. The van der Waals surface area contributed by atoms with Gasteiger partial charge in [-0.1, -0.05) is 17.7 Å². The Morgan fingerprint density at radius 1 is 1.33 bits per heavy atom. The predicted molar refractivity (Wildman–Crippen MR) is 84.9 cm³/mol. The van der Waals surface area contributed by atoms with Crippen LogP contribution in [0.25, 0.3) is 11.3 Å². The van der Waals surface area contributed by atoms with Gasteiger partial charge in [0.2, 0.25) is 0 Å². The SMILES string of the molecule is Cc1cnc2c(c1)Cc1nc(Cc3ccsc3)nc(Cl)c1-2. The van der Waals surface area contributed by atoms with E-state index in [0.717, 1.165) is 41.2 Å². The number of fused-ring (bicyclic) bond motifs is 3. The van der Waals surface area contributed by atoms with Gasteiger partial charge in [0.1, 0.15) is 11.0 Å². The third-order valence-corrected chi connectivity index (χ3v) is 4.63. The molecule has 3 heterocycles. The largest absolute Gasteiger partial charge is 0.255 e. The van der Waals surface area contributed by atoms with Crippen LogP contribution >= 0.6 is 22.9 Å². The van der Waals surface area contributed by atoms with E-state index in [0.29, 0.717) is 5.15 Å². The first-order chi connectivity index (χ1) is 10.2. The Morgan fingerprint density at radius 2 is 2.24 bits per heavy atom. The first kappa shape index (κ1) is 12.9. The number of hydrogen-bond acceptors (Lipinski definition) is 4. The number of aryl methyl sites for hydroxylation is 1. The lowest BCUT2D eigenvalue weighted by atomic mass is 10.1. The van der Waals surface area contributed by atoms with E-state index in [1.807, 2.05) is 13.1 Å². The maximum atomic E-state index is 6.39. The Morgan fingerprint density at radius 3 is 3.05 bits per heavy atom. The van der Waals surface area contributed by atoms with E-state index in [2.05, 4.69) is 32.9 Å². The van der Waals surface area contributed by atoms with Gasteiger partial charge in [-0.2, -0.15) is 11.3 Å². The number of pyridine rings is 1. The van der Waals surface area contributed by atoms with Crippen molar-refractivity contribution in [1.82, 2.24) is 15.0 Å². The quantitative estimate of drug-likeness (QED) is 0.524. The van der Waals surface area contributed by atoms with Crippen molar-refractivity contribution in [2.45, 2.75) is 19.8 Å². The van der Waals surface area contributed by atoms with Crippen LogP contribution in [0.1, 0.15) is 28.2 Å². The van der Waals surface area contributed by atoms with Crippen molar-refractivity contribution in [3.8, 4) is 11.3 Å². The summed E-state index contributed by atoms with van der Waals surface area (Å²) in [5.41, 5.74) is 6.40. The molecule has 1 aliphatic carbocycles. The molecule has 0 amide bonds. The summed E-state index contributed by atoms with van der Waals surface area (Å²) in [5.74, 6) is 0.779. The van der Waals surface area contributed by atoms with Crippen molar-refractivity contribution in [2.75, 3.05) is 0 Å². The molecule has 0 atom stereocenters.